The molecule has 1 fully saturated rings. The van der Waals surface area contributed by atoms with Gasteiger partial charge in [-0.2, -0.15) is 0 Å². The van der Waals surface area contributed by atoms with Crippen LogP contribution >= 0.6 is 0 Å². The first kappa shape index (κ1) is 15.9. The number of aliphatic hydroxyl groups excluding tert-OH is 1. The van der Waals surface area contributed by atoms with E-state index in [0.717, 1.165) is 48.8 Å². The van der Waals surface area contributed by atoms with Crippen LogP contribution in [0, 0.1) is 6.92 Å². The van der Waals surface area contributed by atoms with Gasteiger partial charge in [0.25, 0.3) is 0 Å². The molecule has 4 rings (SSSR count). The van der Waals surface area contributed by atoms with Gasteiger partial charge in [0, 0.05) is 25.5 Å². The number of hydrogen-bond donors (Lipinski definition) is 2. The van der Waals surface area contributed by atoms with Gasteiger partial charge >= 0.3 is 0 Å². The molecule has 0 aromatic carbocycles. The highest BCUT2D eigenvalue weighted by Gasteiger charge is 2.20. The number of piperidine rings is 1. The standard InChI is InChI=1S/C19H23N5O/c1-14-4-10-24-15(13-22-18(24)11-14)12-21-17-3-2-7-20-19(17)23-8-5-16(25)6-9-23/h2-4,7,10-11,13,16,21,25H,5-6,8-9,12H2,1H3. The lowest BCUT2D eigenvalue weighted by atomic mass is 10.1. The number of anilines is 2. The minimum Gasteiger partial charge on any atom is -0.393 e. The highest BCUT2D eigenvalue weighted by atomic mass is 16.3. The third kappa shape index (κ3) is 3.30. The van der Waals surface area contributed by atoms with Crippen molar-refractivity contribution in [2.24, 2.45) is 0 Å². The maximum Gasteiger partial charge on any atom is 0.151 e. The number of aliphatic hydroxyl groups is 1. The molecule has 130 valence electrons. The van der Waals surface area contributed by atoms with E-state index in [0.29, 0.717) is 6.54 Å². The molecule has 0 atom stereocenters. The van der Waals surface area contributed by atoms with Gasteiger partial charge in [0.1, 0.15) is 5.65 Å². The van der Waals surface area contributed by atoms with Crippen LogP contribution in [0.15, 0.2) is 42.9 Å². The number of nitrogens with one attached hydrogen (secondary N) is 1. The quantitative estimate of drug-likeness (QED) is 0.766. The summed E-state index contributed by atoms with van der Waals surface area (Å²) in [5.74, 6) is 0.957. The predicted octanol–water partition coefficient (Wildman–Crippen LogP) is 2.61. The predicted molar refractivity (Wildman–Crippen MR) is 98.9 cm³/mol. The van der Waals surface area contributed by atoms with Crippen LogP contribution in [-0.2, 0) is 6.54 Å². The van der Waals surface area contributed by atoms with Crippen LogP contribution in [-0.4, -0.2) is 38.7 Å². The monoisotopic (exact) mass is 337 g/mol. The van der Waals surface area contributed by atoms with E-state index >= 15 is 0 Å². The van der Waals surface area contributed by atoms with E-state index in [4.69, 9.17) is 0 Å². The minimum atomic E-state index is -0.182. The average Bonchev–Trinajstić information content (AvgIpc) is 3.03. The van der Waals surface area contributed by atoms with E-state index < -0.39 is 0 Å². The van der Waals surface area contributed by atoms with Gasteiger partial charge in [0.2, 0.25) is 0 Å². The summed E-state index contributed by atoms with van der Waals surface area (Å²) in [6.07, 6.45) is 7.20. The highest BCUT2D eigenvalue weighted by Crippen LogP contribution is 2.26. The number of nitrogens with zero attached hydrogens (tertiary/aromatic N) is 4. The Bertz CT molecular complexity index is 867. The van der Waals surface area contributed by atoms with Gasteiger partial charge < -0.3 is 19.7 Å². The van der Waals surface area contributed by atoms with Crippen LogP contribution in [0.5, 0.6) is 0 Å². The lowest BCUT2D eigenvalue weighted by molar-refractivity contribution is 0.145. The van der Waals surface area contributed by atoms with Gasteiger partial charge in [0.05, 0.1) is 30.2 Å². The smallest absolute Gasteiger partial charge is 0.151 e. The largest absolute Gasteiger partial charge is 0.393 e. The van der Waals surface area contributed by atoms with Crippen LogP contribution in [0.1, 0.15) is 24.1 Å². The molecule has 2 N–H and O–H groups in total. The SMILES string of the molecule is Cc1ccn2c(CNc3cccnc3N3CCC(O)CC3)cnc2c1. The Morgan fingerprint density at radius 2 is 2.08 bits per heavy atom. The molecule has 0 radical (unpaired) electrons. The summed E-state index contributed by atoms with van der Waals surface area (Å²) < 4.78 is 2.10. The summed E-state index contributed by atoms with van der Waals surface area (Å²) in [4.78, 5) is 11.3. The summed E-state index contributed by atoms with van der Waals surface area (Å²) in [6, 6.07) is 8.17. The van der Waals surface area contributed by atoms with Crippen molar-refractivity contribution in [1.29, 1.82) is 0 Å². The van der Waals surface area contributed by atoms with Crippen LogP contribution in [0.3, 0.4) is 0 Å². The van der Waals surface area contributed by atoms with Crippen molar-refractivity contribution in [3.63, 3.8) is 0 Å². The molecule has 0 unspecified atom stereocenters. The molecule has 3 aromatic rings. The van der Waals surface area contributed by atoms with Crippen LogP contribution < -0.4 is 10.2 Å². The van der Waals surface area contributed by atoms with Crippen molar-refractivity contribution < 1.29 is 5.11 Å². The van der Waals surface area contributed by atoms with Gasteiger partial charge in [-0.3, -0.25) is 0 Å². The lowest BCUT2D eigenvalue weighted by Gasteiger charge is -2.31. The number of hydrogen-bond acceptors (Lipinski definition) is 5. The minimum absolute atomic E-state index is 0.182. The maximum absolute atomic E-state index is 9.72. The van der Waals surface area contributed by atoms with Crippen molar-refractivity contribution in [3.05, 3.63) is 54.1 Å². The Labute approximate surface area is 147 Å². The second kappa shape index (κ2) is 6.72. The van der Waals surface area contributed by atoms with Crippen LogP contribution in [0.2, 0.25) is 0 Å². The fourth-order valence-corrected chi connectivity index (χ4v) is 3.32. The Morgan fingerprint density at radius 1 is 1.24 bits per heavy atom. The average molecular weight is 337 g/mol. The molecule has 4 heterocycles. The zero-order chi connectivity index (χ0) is 17.2. The first-order valence-corrected chi connectivity index (χ1v) is 8.75. The van der Waals surface area contributed by atoms with E-state index in [-0.39, 0.29) is 6.10 Å². The molecule has 0 aliphatic carbocycles. The fourth-order valence-electron chi connectivity index (χ4n) is 3.32. The molecule has 1 saturated heterocycles. The lowest BCUT2D eigenvalue weighted by Crippen LogP contribution is -2.36. The number of aryl methyl sites for hydroxylation is 1. The molecule has 3 aromatic heterocycles. The zero-order valence-electron chi connectivity index (χ0n) is 14.4. The molecule has 6 heteroatoms. The van der Waals surface area contributed by atoms with Crippen molar-refractivity contribution in [2.75, 3.05) is 23.3 Å². The van der Waals surface area contributed by atoms with Gasteiger partial charge in [-0.05, 0) is 49.6 Å². The van der Waals surface area contributed by atoms with Crippen LogP contribution in [0.25, 0.3) is 5.65 Å². The summed E-state index contributed by atoms with van der Waals surface area (Å²) in [7, 11) is 0. The summed E-state index contributed by atoms with van der Waals surface area (Å²) in [6.45, 7) is 4.42. The van der Waals surface area contributed by atoms with E-state index in [2.05, 4.69) is 55.9 Å². The molecule has 1 aliphatic rings. The molecular formula is C19H23N5O. The Balaban J connectivity index is 1.53. The zero-order valence-corrected chi connectivity index (χ0v) is 14.4. The molecule has 0 spiro atoms. The number of pyridine rings is 2. The Kier molecular flexibility index (Phi) is 4.28. The van der Waals surface area contributed by atoms with E-state index in [9.17, 15) is 5.11 Å². The molecule has 25 heavy (non-hydrogen) atoms. The number of rotatable bonds is 4. The molecule has 0 bridgehead atoms. The molecule has 1 aliphatic heterocycles. The summed E-state index contributed by atoms with van der Waals surface area (Å²) in [5, 5.41) is 13.2. The highest BCUT2D eigenvalue weighted by molar-refractivity contribution is 5.65. The Morgan fingerprint density at radius 3 is 2.92 bits per heavy atom. The van der Waals surface area contributed by atoms with Gasteiger partial charge in [-0.15, -0.1) is 0 Å². The summed E-state index contributed by atoms with van der Waals surface area (Å²) in [5.41, 5.74) is 4.30. The molecule has 0 saturated carbocycles. The maximum atomic E-state index is 9.72. The fraction of sp³-hybridized carbons (Fsp3) is 0.368. The van der Waals surface area contributed by atoms with Crippen molar-refractivity contribution >= 4 is 17.2 Å². The molecular weight excluding hydrogens is 314 g/mol. The second-order valence-electron chi connectivity index (χ2n) is 6.63. The molecule has 0 amide bonds. The van der Waals surface area contributed by atoms with Gasteiger partial charge in [-0.25, -0.2) is 9.97 Å². The van der Waals surface area contributed by atoms with Gasteiger partial charge in [-0.1, -0.05) is 0 Å². The van der Waals surface area contributed by atoms with Gasteiger partial charge in [0.15, 0.2) is 5.82 Å². The number of imidazole rings is 1. The first-order valence-electron chi connectivity index (χ1n) is 8.75. The van der Waals surface area contributed by atoms with E-state index in [1.807, 2.05) is 18.5 Å². The number of aromatic nitrogens is 3. The first-order chi connectivity index (χ1) is 12.2. The van der Waals surface area contributed by atoms with Crippen molar-refractivity contribution in [2.45, 2.75) is 32.4 Å². The number of fused-ring (bicyclic) bond motifs is 1. The van der Waals surface area contributed by atoms with E-state index in [1.165, 1.54) is 5.56 Å². The van der Waals surface area contributed by atoms with Crippen molar-refractivity contribution in [3.8, 4) is 0 Å². The third-order valence-electron chi connectivity index (χ3n) is 4.76. The third-order valence-corrected chi connectivity index (χ3v) is 4.76. The van der Waals surface area contributed by atoms with Crippen molar-refractivity contribution in [1.82, 2.24) is 14.4 Å². The summed E-state index contributed by atoms with van der Waals surface area (Å²) >= 11 is 0. The topological polar surface area (TPSA) is 65.7 Å². The Hall–Kier alpha value is -2.60. The van der Waals surface area contributed by atoms with E-state index in [1.54, 1.807) is 0 Å². The molecule has 6 nitrogen and oxygen atoms in total. The normalized spacial score (nSPS) is 15.7. The second-order valence-corrected chi connectivity index (χ2v) is 6.63. The van der Waals surface area contributed by atoms with Crippen LogP contribution in [0.4, 0.5) is 11.5 Å².